The molecule has 4 aliphatic rings. The van der Waals surface area contributed by atoms with Gasteiger partial charge in [0.15, 0.2) is 0 Å². The van der Waals surface area contributed by atoms with Crippen LogP contribution in [0.2, 0.25) is 0 Å². The fourth-order valence-electron chi connectivity index (χ4n) is 9.71. The first-order chi connectivity index (χ1) is 26.5. The van der Waals surface area contributed by atoms with E-state index in [0.29, 0.717) is 38.0 Å². The molecular formula is C45H71NO10. The van der Waals surface area contributed by atoms with E-state index >= 15 is 0 Å². The molecule has 14 unspecified atom stereocenters. The molecule has 0 aromatic heterocycles. The number of fused-ring (bicyclic) bond motifs is 3. The Morgan fingerprint density at radius 1 is 0.929 bits per heavy atom. The first-order valence-corrected chi connectivity index (χ1v) is 21.0. The van der Waals surface area contributed by atoms with Crippen LogP contribution in [0.15, 0.2) is 36.0 Å². The van der Waals surface area contributed by atoms with Crippen molar-refractivity contribution >= 4 is 23.4 Å². The lowest BCUT2D eigenvalue weighted by Crippen LogP contribution is -2.63. The third-order valence-electron chi connectivity index (χ3n) is 13.4. The molecule has 3 heterocycles. The van der Waals surface area contributed by atoms with Gasteiger partial charge in [-0.05, 0) is 101 Å². The van der Waals surface area contributed by atoms with Gasteiger partial charge in [0, 0.05) is 52.0 Å². The highest BCUT2D eigenvalue weighted by Gasteiger charge is 2.57. The molecule has 2 saturated heterocycles. The molecule has 316 valence electrons. The Morgan fingerprint density at radius 2 is 1.59 bits per heavy atom. The van der Waals surface area contributed by atoms with E-state index in [1.807, 2.05) is 27.7 Å². The van der Waals surface area contributed by atoms with Crippen molar-refractivity contribution in [2.24, 2.45) is 41.4 Å². The smallest absolute Gasteiger partial charge is 0.329 e. The predicted molar refractivity (Wildman–Crippen MR) is 214 cm³/mol. The summed E-state index contributed by atoms with van der Waals surface area (Å²) in [5.41, 5.74) is 1.95. The highest BCUT2D eigenvalue weighted by molar-refractivity contribution is 6.39. The van der Waals surface area contributed by atoms with Crippen LogP contribution in [0.1, 0.15) is 113 Å². The highest BCUT2D eigenvalue weighted by Crippen LogP contribution is 2.40. The van der Waals surface area contributed by atoms with E-state index in [0.717, 1.165) is 30.4 Å². The summed E-state index contributed by atoms with van der Waals surface area (Å²) in [6, 6.07) is -1.02. The maximum atomic E-state index is 14.3. The highest BCUT2D eigenvalue weighted by atomic mass is 16.7. The topological polar surface area (TPSA) is 138 Å². The van der Waals surface area contributed by atoms with Crippen LogP contribution in [0.4, 0.5) is 0 Å². The number of hydrogen-bond acceptors (Lipinski definition) is 10. The number of cyclic esters (lactones) is 1. The van der Waals surface area contributed by atoms with E-state index < -0.39 is 59.8 Å². The summed E-state index contributed by atoms with van der Waals surface area (Å²) in [5.74, 6) is -5.82. The second-order valence-electron chi connectivity index (χ2n) is 17.7. The van der Waals surface area contributed by atoms with Crippen molar-refractivity contribution in [2.75, 3.05) is 27.9 Å². The van der Waals surface area contributed by atoms with Crippen molar-refractivity contribution in [3.8, 4) is 0 Å². The lowest BCUT2D eigenvalue weighted by atomic mass is 9.77. The van der Waals surface area contributed by atoms with Crippen molar-refractivity contribution in [2.45, 2.75) is 155 Å². The summed E-state index contributed by atoms with van der Waals surface area (Å²) in [7, 11) is 4.86. The molecule has 1 aliphatic carbocycles. The van der Waals surface area contributed by atoms with Gasteiger partial charge in [-0.2, -0.15) is 0 Å². The quantitative estimate of drug-likeness (QED) is 0.167. The number of hydrogen-bond donors (Lipinski definition) is 1. The number of esters is 1. The van der Waals surface area contributed by atoms with Crippen LogP contribution >= 0.6 is 0 Å². The van der Waals surface area contributed by atoms with Crippen molar-refractivity contribution in [1.82, 2.24) is 4.90 Å². The average molecular weight is 786 g/mol. The zero-order valence-electron chi connectivity index (χ0n) is 35.8. The monoisotopic (exact) mass is 786 g/mol. The number of rotatable bonds is 7. The molecule has 56 heavy (non-hydrogen) atoms. The molecule has 11 nitrogen and oxygen atoms in total. The minimum atomic E-state index is -2.45. The number of Topliss-reactive ketones (excluding diaryl/α,β-unsaturated/α-hetero) is 2. The van der Waals surface area contributed by atoms with Crippen LogP contribution in [-0.4, -0.2) is 104 Å². The maximum absolute atomic E-state index is 14.3. The molecular weight excluding hydrogens is 714 g/mol. The van der Waals surface area contributed by atoms with Crippen LogP contribution in [-0.2, 0) is 42.9 Å². The van der Waals surface area contributed by atoms with Crippen LogP contribution < -0.4 is 0 Å². The normalized spacial score (nSPS) is 41.3. The summed E-state index contributed by atoms with van der Waals surface area (Å²) >= 11 is 0. The van der Waals surface area contributed by atoms with Gasteiger partial charge >= 0.3 is 5.97 Å². The van der Waals surface area contributed by atoms with E-state index in [9.17, 15) is 24.3 Å². The number of carbonyl (C=O) groups is 4. The molecule has 14 atom stereocenters. The number of methoxy groups -OCH3 is 3. The summed E-state index contributed by atoms with van der Waals surface area (Å²) < 4.78 is 30.2. The van der Waals surface area contributed by atoms with E-state index in [4.69, 9.17) is 23.7 Å². The summed E-state index contributed by atoms with van der Waals surface area (Å²) in [4.78, 5) is 57.8. The van der Waals surface area contributed by atoms with Crippen LogP contribution in [0.3, 0.4) is 0 Å². The van der Waals surface area contributed by atoms with Gasteiger partial charge in [0.2, 0.25) is 5.79 Å². The Labute approximate surface area is 335 Å². The first kappa shape index (κ1) is 46.0. The molecule has 3 aliphatic heterocycles. The molecule has 0 radical (unpaired) electrons. The van der Waals surface area contributed by atoms with Gasteiger partial charge in [-0.1, -0.05) is 58.4 Å². The van der Waals surface area contributed by atoms with Crippen LogP contribution in [0.25, 0.3) is 0 Å². The molecule has 4 rings (SSSR count). The van der Waals surface area contributed by atoms with Gasteiger partial charge in [-0.25, -0.2) is 4.79 Å². The summed E-state index contributed by atoms with van der Waals surface area (Å²) in [6.45, 7) is 18.1. The third-order valence-corrected chi connectivity index (χ3v) is 13.4. The first-order valence-electron chi connectivity index (χ1n) is 21.0. The molecule has 2 bridgehead atoms. The molecule has 11 heteroatoms. The van der Waals surface area contributed by atoms with Crippen molar-refractivity contribution in [3.05, 3.63) is 36.0 Å². The van der Waals surface area contributed by atoms with Crippen LogP contribution in [0.5, 0.6) is 0 Å². The van der Waals surface area contributed by atoms with Crippen molar-refractivity contribution in [1.29, 1.82) is 0 Å². The zero-order valence-corrected chi connectivity index (χ0v) is 35.8. The van der Waals surface area contributed by atoms with Gasteiger partial charge in [0.05, 0.1) is 18.3 Å². The third kappa shape index (κ3) is 10.7. The number of allylic oxidation sites excluding steroid dienone is 4. The molecule has 1 amide bonds. The molecule has 1 N–H and O–H groups in total. The zero-order chi connectivity index (χ0) is 41.5. The predicted octanol–water partition coefficient (Wildman–Crippen LogP) is 6.80. The second kappa shape index (κ2) is 20.3. The number of aliphatic hydroxyl groups is 1. The Bertz CT molecular complexity index is 1460. The van der Waals surface area contributed by atoms with Gasteiger partial charge in [-0.15, -0.1) is 6.58 Å². The molecule has 0 aromatic rings. The number of nitrogens with zero attached hydrogens (tertiary/aromatic N) is 1. The Morgan fingerprint density at radius 3 is 2.23 bits per heavy atom. The average Bonchev–Trinajstić information content (AvgIpc) is 3.66. The molecule has 3 fully saturated rings. The Hall–Kier alpha value is -2.70. The number of carbonyl (C=O) groups excluding carboxylic acids is 4. The fraction of sp³-hybridized carbons (Fsp3) is 0.778. The SMILES string of the molecule is C=CCC1/C=C(\C)CC(C)CC(OC)C2OC(O)(C(=O)C(=O)N3CCCC3C(=O)OC(/C(C)=C/C3CCC(C)C(OC)C3)C(C)C(C)CC1=O)C(C)CC2OC. The lowest BCUT2D eigenvalue weighted by Gasteiger charge is -2.46. The number of amides is 1. The van der Waals surface area contributed by atoms with Gasteiger partial charge in [-0.3, -0.25) is 14.4 Å². The number of ketones is 2. The largest absolute Gasteiger partial charge is 0.456 e. The van der Waals surface area contributed by atoms with E-state index in [2.05, 4.69) is 32.6 Å². The molecule has 1 saturated carbocycles. The fourth-order valence-corrected chi connectivity index (χ4v) is 9.71. The minimum absolute atomic E-state index is 0.0743. The van der Waals surface area contributed by atoms with Crippen LogP contribution in [0, 0.1) is 41.4 Å². The lowest BCUT2D eigenvalue weighted by molar-refractivity contribution is -0.302. The standard InChI is InChI=1S/C45H71NO10/c1-12-14-34-20-26(2)19-27(3)21-38(53-10)41-39(54-11)24-31(7)45(51,56-41)42(48)43(49)46-18-13-15-35(46)44(50)55-40(32(8)29(5)23-36(34)47)30(6)22-33-17-16-28(4)37(25-33)52-9/h12,20,22,27-29,31-35,37-41,51H,1,13-19,21,23-25H2,2-11H3/b26-20+,30-22+. The van der Waals surface area contributed by atoms with Crippen molar-refractivity contribution in [3.63, 3.8) is 0 Å². The Kier molecular flexibility index (Phi) is 16.7. The summed E-state index contributed by atoms with van der Waals surface area (Å²) in [5, 5.41) is 12.0. The summed E-state index contributed by atoms with van der Waals surface area (Å²) in [6.07, 6.45) is 9.45. The molecule has 0 aromatic carbocycles. The molecule has 0 spiro atoms. The minimum Gasteiger partial charge on any atom is -0.456 e. The van der Waals surface area contributed by atoms with Gasteiger partial charge < -0.3 is 33.7 Å². The van der Waals surface area contributed by atoms with Crippen molar-refractivity contribution < 1.29 is 48.0 Å². The Balaban J connectivity index is 1.76. The maximum Gasteiger partial charge on any atom is 0.329 e. The van der Waals surface area contributed by atoms with E-state index in [-0.39, 0.29) is 60.9 Å². The second-order valence-corrected chi connectivity index (χ2v) is 17.7. The van der Waals surface area contributed by atoms with Gasteiger partial charge in [0.1, 0.15) is 24.0 Å². The van der Waals surface area contributed by atoms with Gasteiger partial charge in [0.25, 0.3) is 11.7 Å². The van der Waals surface area contributed by atoms with E-state index in [1.165, 1.54) is 4.90 Å². The van der Waals surface area contributed by atoms with E-state index in [1.54, 1.807) is 34.3 Å². The number of ether oxygens (including phenoxy) is 5.